The third-order valence-corrected chi connectivity index (χ3v) is 9.17. The fraction of sp³-hybridized carbons (Fsp3) is 0.758. The van der Waals surface area contributed by atoms with Crippen molar-refractivity contribution in [3.63, 3.8) is 0 Å². The molecule has 0 bridgehead atoms. The van der Waals surface area contributed by atoms with Gasteiger partial charge in [0.2, 0.25) is 30.0 Å². The van der Waals surface area contributed by atoms with E-state index >= 15 is 0 Å². The van der Waals surface area contributed by atoms with Crippen LogP contribution in [0.4, 0.5) is 0 Å². The Morgan fingerprint density at radius 2 is 1.22 bits per heavy atom. The number of rotatable bonds is 22. The summed E-state index contributed by atoms with van der Waals surface area (Å²) < 4.78 is 0. The molecule has 1 rings (SSSR count). The van der Waals surface area contributed by atoms with E-state index < -0.39 is 83.5 Å². The van der Waals surface area contributed by atoms with Gasteiger partial charge < -0.3 is 31.4 Å². The molecule has 1 heterocycles. The molecular weight excluding hydrogens is 656 g/mol. The van der Waals surface area contributed by atoms with Crippen molar-refractivity contribution in [2.75, 3.05) is 12.0 Å². The van der Waals surface area contributed by atoms with E-state index in [4.69, 9.17) is 4.84 Å². The predicted octanol–water partition coefficient (Wildman–Crippen LogP) is 1.19. The van der Waals surface area contributed by atoms with Gasteiger partial charge in [0.15, 0.2) is 0 Å². The lowest BCUT2D eigenvalue weighted by Crippen LogP contribution is -2.61. The Labute approximate surface area is 293 Å². The number of nitrogens with one attached hydrogen (secondary N) is 5. The smallest absolute Gasteiger partial charge is 0.347 e. The number of carbonyl (C=O) groups is 8. The minimum absolute atomic E-state index is 0.0798. The minimum atomic E-state index is -1.22. The van der Waals surface area contributed by atoms with Crippen molar-refractivity contribution in [3.05, 3.63) is 0 Å². The third-order valence-electron chi connectivity index (χ3n) is 8.52. The second kappa shape index (κ2) is 21.4. The Morgan fingerprint density at radius 3 is 1.67 bits per heavy atom. The quantitative estimate of drug-likeness (QED) is 0.0800. The second-order valence-corrected chi connectivity index (χ2v) is 14.3. The zero-order chi connectivity index (χ0) is 37.4. The van der Waals surface area contributed by atoms with Crippen molar-refractivity contribution >= 4 is 59.6 Å². The lowest BCUT2D eigenvalue weighted by atomic mass is 9.94. The van der Waals surface area contributed by atoms with Crippen LogP contribution >= 0.6 is 11.8 Å². The maximum Gasteiger partial charge on any atom is 0.355 e. The first-order valence-corrected chi connectivity index (χ1v) is 18.4. The zero-order valence-corrected chi connectivity index (χ0v) is 31.1. The molecule has 0 spiro atoms. The highest BCUT2D eigenvalue weighted by atomic mass is 32.2. The van der Waals surface area contributed by atoms with Gasteiger partial charge in [0.25, 0.3) is 11.8 Å². The van der Waals surface area contributed by atoms with Gasteiger partial charge in [-0.3, -0.25) is 33.6 Å². The van der Waals surface area contributed by atoms with Crippen LogP contribution in [-0.4, -0.2) is 95.1 Å². The van der Waals surface area contributed by atoms with E-state index in [2.05, 4.69) is 26.6 Å². The molecule has 2 unspecified atom stereocenters. The summed E-state index contributed by atoms with van der Waals surface area (Å²) in [6.07, 6.45) is 3.66. The molecule has 49 heavy (non-hydrogen) atoms. The minimum Gasteiger partial charge on any atom is -0.347 e. The average Bonchev–Trinajstić information content (AvgIpc) is 3.36. The molecule has 1 saturated heterocycles. The monoisotopic (exact) mass is 712 g/mol. The van der Waals surface area contributed by atoms with E-state index in [1.54, 1.807) is 27.7 Å². The summed E-state index contributed by atoms with van der Waals surface area (Å²) in [5.74, 6) is -5.35. The number of nitrogens with zero attached hydrogens (tertiary/aromatic N) is 1. The molecular formula is C33H56N6O9S. The highest BCUT2D eigenvalue weighted by molar-refractivity contribution is 7.98. The number of imide groups is 1. The molecule has 15 nitrogen and oxygen atoms in total. The van der Waals surface area contributed by atoms with E-state index in [9.17, 15) is 38.4 Å². The van der Waals surface area contributed by atoms with Crippen molar-refractivity contribution in [2.45, 2.75) is 124 Å². The van der Waals surface area contributed by atoms with Gasteiger partial charge >= 0.3 is 5.97 Å². The molecule has 0 aromatic carbocycles. The van der Waals surface area contributed by atoms with Gasteiger partial charge in [0.05, 0.1) is 0 Å². The summed E-state index contributed by atoms with van der Waals surface area (Å²) in [6, 6.07) is -5.28. The molecule has 1 fully saturated rings. The summed E-state index contributed by atoms with van der Waals surface area (Å²) >= 11 is 1.51. The molecule has 5 N–H and O–H groups in total. The largest absolute Gasteiger partial charge is 0.355 e. The normalized spacial score (nSPS) is 17.3. The summed E-state index contributed by atoms with van der Waals surface area (Å²) in [6.45, 7) is 14.3. The Kier molecular flexibility index (Phi) is 18.9. The number of hydrogen-bond acceptors (Lipinski definition) is 10. The van der Waals surface area contributed by atoms with Gasteiger partial charge in [-0.2, -0.15) is 11.8 Å². The molecule has 7 atom stereocenters. The number of carbonyl (C=O) groups excluding carboxylic acids is 8. The van der Waals surface area contributed by atoms with Gasteiger partial charge in [-0.15, -0.1) is 5.06 Å². The van der Waals surface area contributed by atoms with Crippen molar-refractivity contribution in [2.24, 2.45) is 23.7 Å². The van der Waals surface area contributed by atoms with Crippen LogP contribution in [0.2, 0.25) is 0 Å². The zero-order valence-electron chi connectivity index (χ0n) is 30.3. The molecule has 1 aliphatic rings. The number of hydrogen-bond donors (Lipinski definition) is 5. The number of hydroxylamine groups is 2. The van der Waals surface area contributed by atoms with Crippen LogP contribution in [0, 0.1) is 23.7 Å². The van der Waals surface area contributed by atoms with Gasteiger partial charge in [0.1, 0.15) is 30.2 Å². The maximum atomic E-state index is 13.7. The molecule has 0 aromatic rings. The first-order valence-electron chi connectivity index (χ1n) is 17.0. The van der Waals surface area contributed by atoms with Gasteiger partial charge in [-0.05, 0) is 48.5 Å². The van der Waals surface area contributed by atoms with Gasteiger partial charge in [-0.1, -0.05) is 68.2 Å². The van der Waals surface area contributed by atoms with Gasteiger partial charge in [-0.25, -0.2) is 4.79 Å². The predicted molar refractivity (Wildman–Crippen MR) is 184 cm³/mol. The highest BCUT2D eigenvalue weighted by Crippen LogP contribution is 2.17. The van der Waals surface area contributed by atoms with Crippen LogP contribution in [0.25, 0.3) is 0 Å². The summed E-state index contributed by atoms with van der Waals surface area (Å²) in [5, 5.41) is 13.8. The van der Waals surface area contributed by atoms with Crippen LogP contribution in [0.1, 0.15) is 93.9 Å². The summed E-state index contributed by atoms with van der Waals surface area (Å²) in [4.78, 5) is 107. The highest BCUT2D eigenvalue weighted by Gasteiger charge is 2.38. The van der Waals surface area contributed by atoms with E-state index in [0.29, 0.717) is 36.5 Å². The Bertz CT molecular complexity index is 1170. The van der Waals surface area contributed by atoms with E-state index in [1.165, 1.54) is 11.8 Å². The van der Waals surface area contributed by atoms with Crippen LogP contribution in [-0.2, 0) is 43.2 Å². The second-order valence-electron chi connectivity index (χ2n) is 13.3. The van der Waals surface area contributed by atoms with Crippen LogP contribution in [0.15, 0.2) is 0 Å². The SMILES string of the molecule is CCC(C)[C@H](NC(=O)[C@H](CCSC)NC=O)C(=O)N[C@H](C(=O)N[C@H](C(=O)N[C@@H](CC(C)C)C(=O)ON1C(=O)CCC1=O)C(C)CC)C(C)C. The van der Waals surface area contributed by atoms with Crippen LogP contribution < -0.4 is 26.6 Å². The van der Waals surface area contributed by atoms with Crippen LogP contribution in [0.3, 0.4) is 0 Å². The van der Waals surface area contributed by atoms with Crippen molar-refractivity contribution < 1.29 is 43.2 Å². The maximum absolute atomic E-state index is 13.7. The topological polar surface area (TPSA) is 209 Å². The molecule has 0 aromatic heterocycles. The molecule has 0 aliphatic carbocycles. The van der Waals surface area contributed by atoms with Crippen molar-refractivity contribution in [3.8, 4) is 0 Å². The molecule has 1 aliphatic heterocycles. The third kappa shape index (κ3) is 13.6. The van der Waals surface area contributed by atoms with E-state index in [1.807, 2.05) is 34.0 Å². The van der Waals surface area contributed by atoms with E-state index in [-0.39, 0.29) is 31.1 Å². The first kappa shape index (κ1) is 43.3. The average molecular weight is 713 g/mol. The van der Waals surface area contributed by atoms with Crippen molar-refractivity contribution in [1.29, 1.82) is 0 Å². The Morgan fingerprint density at radius 1 is 0.755 bits per heavy atom. The summed E-state index contributed by atoms with van der Waals surface area (Å²) in [7, 11) is 0. The lowest BCUT2D eigenvalue weighted by molar-refractivity contribution is -0.199. The Balaban J connectivity index is 3.20. The molecule has 16 heteroatoms. The summed E-state index contributed by atoms with van der Waals surface area (Å²) in [5.41, 5.74) is 0. The number of thioether (sulfide) groups is 1. The Hall–Kier alpha value is -3.69. The first-order chi connectivity index (χ1) is 23.0. The molecule has 278 valence electrons. The standard InChI is InChI=1S/C33H56N6O9S/c1-10-20(7)27(31(45)35-23(16-18(3)4)33(47)48-39-24(41)12-13-25(39)42)38-30(44)26(19(5)6)36-32(46)28(21(8)11-2)37-29(43)22(34-17-40)14-15-49-9/h17-23,26-28H,10-16H2,1-9H3,(H,34,40)(H,35,45)(H,36,46)(H,37,43)(H,38,44)/t20?,21?,22-,23-,26-,27-,28-/m0/s1. The molecule has 7 amide bonds. The fourth-order valence-electron chi connectivity index (χ4n) is 5.05. The molecule has 0 radical (unpaired) electrons. The van der Waals surface area contributed by atoms with Gasteiger partial charge in [0, 0.05) is 12.8 Å². The molecule has 0 saturated carbocycles. The fourth-order valence-corrected chi connectivity index (χ4v) is 5.52. The van der Waals surface area contributed by atoms with Crippen LogP contribution in [0.5, 0.6) is 0 Å². The lowest BCUT2D eigenvalue weighted by Gasteiger charge is -2.31. The number of amides is 7. The van der Waals surface area contributed by atoms with E-state index in [0.717, 1.165) is 0 Å². The van der Waals surface area contributed by atoms with Crippen molar-refractivity contribution in [1.82, 2.24) is 31.6 Å².